The van der Waals surface area contributed by atoms with Crippen molar-refractivity contribution >= 4 is 5.82 Å². The lowest BCUT2D eigenvalue weighted by molar-refractivity contribution is -0.00482. The molecular formula is C13H22N4O. The molecule has 1 aliphatic rings. The van der Waals surface area contributed by atoms with Crippen LogP contribution in [0.5, 0.6) is 0 Å². The maximum Gasteiger partial charge on any atom is 0.147 e. The molecule has 0 spiro atoms. The number of rotatable bonds is 4. The van der Waals surface area contributed by atoms with Crippen LogP contribution in [0.25, 0.3) is 0 Å². The number of piperidine rings is 1. The van der Waals surface area contributed by atoms with Crippen LogP contribution in [0, 0.1) is 0 Å². The highest BCUT2D eigenvalue weighted by Gasteiger charge is 2.31. The van der Waals surface area contributed by atoms with E-state index >= 15 is 0 Å². The molecule has 0 aromatic carbocycles. The zero-order valence-corrected chi connectivity index (χ0v) is 11.4. The molecule has 1 aromatic rings. The molecule has 1 fully saturated rings. The molecule has 5 nitrogen and oxygen atoms in total. The zero-order valence-electron chi connectivity index (χ0n) is 11.4. The molecule has 0 bridgehead atoms. The first-order valence-corrected chi connectivity index (χ1v) is 6.42. The topological polar surface area (TPSA) is 50.3 Å². The third-order valence-corrected chi connectivity index (χ3v) is 3.53. The van der Waals surface area contributed by atoms with Crippen molar-refractivity contribution in [3.05, 3.63) is 18.1 Å². The van der Waals surface area contributed by atoms with E-state index in [2.05, 4.69) is 27.1 Å². The standard InChI is InChI=1S/C13H22N4O/c1-13(18-3)5-4-6-17(10-13)12-9-15-11(7-14-2)8-16-12/h8-9,14H,4-7,10H2,1-3H3. The second-order valence-electron chi connectivity index (χ2n) is 5.08. The average Bonchev–Trinajstić information content (AvgIpc) is 2.40. The minimum Gasteiger partial charge on any atom is -0.377 e. The first kappa shape index (κ1) is 13.2. The van der Waals surface area contributed by atoms with E-state index in [0.717, 1.165) is 44.0 Å². The number of ether oxygens (including phenoxy) is 1. The van der Waals surface area contributed by atoms with Gasteiger partial charge in [0.25, 0.3) is 0 Å². The Hall–Kier alpha value is -1.20. The smallest absolute Gasteiger partial charge is 0.147 e. The van der Waals surface area contributed by atoms with Crippen molar-refractivity contribution in [1.82, 2.24) is 15.3 Å². The van der Waals surface area contributed by atoms with Gasteiger partial charge in [0.15, 0.2) is 0 Å². The molecule has 1 atom stereocenters. The molecular weight excluding hydrogens is 228 g/mol. The lowest BCUT2D eigenvalue weighted by Gasteiger charge is -2.39. The molecule has 2 heterocycles. The Kier molecular flexibility index (Phi) is 4.14. The van der Waals surface area contributed by atoms with Gasteiger partial charge in [0.2, 0.25) is 0 Å². The summed E-state index contributed by atoms with van der Waals surface area (Å²) in [6, 6.07) is 0. The van der Waals surface area contributed by atoms with Crippen molar-refractivity contribution < 1.29 is 4.74 Å². The molecule has 1 unspecified atom stereocenters. The van der Waals surface area contributed by atoms with Crippen LogP contribution in [0.3, 0.4) is 0 Å². The highest BCUT2D eigenvalue weighted by Crippen LogP contribution is 2.26. The Balaban J connectivity index is 2.06. The average molecular weight is 250 g/mol. The van der Waals surface area contributed by atoms with E-state index < -0.39 is 0 Å². The minimum absolute atomic E-state index is 0.0659. The second-order valence-corrected chi connectivity index (χ2v) is 5.08. The van der Waals surface area contributed by atoms with Crippen LogP contribution in [0.4, 0.5) is 5.82 Å². The van der Waals surface area contributed by atoms with Crippen LogP contribution in [0.2, 0.25) is 0 Å². The highest BCUT2D eigenvalue weighted by molar-refractivity contribution is 5.37. The summed E-state index contributed by atoms with van der Waals surface area (Å²) in [6.45, 7) is 4.81. The molecule has 1 saturated heterocycles. The highest BCUT2D eigenvalue weighted by atomic mass is 16.5. The number of aromatic nitrogens is 2. The van der Waals surface area contributed by atoms with E-state index in [0.29, 0.717) is 0 Å². The molecule has 1 N–H and O–H groups in total. The number of nitrogens with one attached hydrogen (secondary N) is 1. The number of methoxy groups -OCH3 is 1. The van der Waals surface area contributed by atoms with Gasteiger partial charge in [-0.1, -0.05) is 0 Å². The van der Waals surface area contributed by atoms with Gasteiger partial charge in [0, 0.05) is 26.7 Å². The van der Waals surface area contributed by atoms with E-state index in [9.17, 15) is 0 Å². The van der Waals surface area contributed by atoms with E-state index in [1.54, 1.807) is 7.11 Å². The Morgan fingerprint density at radius 1 is 1.44 bits per heavy atom. The summed E-state index contributed by atoms with van der Waals surface area (Å²) in [7, 11) is 3.69. The second kappa shape index (κ2) is 5.63. The normalized spacial score (nSPS) is 24.3. The first-order valence-electron chi connectivity index (χ1n) is 6.42. The molecule has 0 radical (unpaired) electrons. The van der Waals surface area contributed by atoms with Crippen LogP contribution < -0.4 is 10.2 Å². The third-order valence-electron chi connectivity index (χ3n) is 3.53. The monoisotopic (exact) mass is 250 g/mol. The van der Waals surface area contributed by atoms with Gasteiger partial charge < -0.3 is 15.0 Å². The van der Waals surface area contributed by atoms with Gasteiger partial charge >= 0.3 is 0 Å². The minimum atomic E-state index is -0.0659. The molecule has 0 amide bonds. The summed E-state index contributed by atoms with van der Waals surface area (Å²) in [5.41, 5.74) is 0.900. The van der Waals surface area contributed by atoms with E-state index in [1.165, 1.54) is 0 Å². The Morgan fingerprint density at radius 2 is 2.28 bits per heavy atom. The van der Waals surface area contributed by atoms with Gasteiger partial charge in [0.05, 0.1) is 23.7 Å². The largest absolute Gasteiger partial charge is 0.377 e. The summed E-state index contributed by atoms with van der Waals surface area (Å²) in [6.07, 6.45) is 5.92. The first-order chi connectivity index (χ1) is 8.67. The molecule has 5 heteroatoms. The van der Waals surface area contributed by atoms with E-state index in [1.807, 2.05) is 19.4 Å². The molecule has 1 aliphatic heterocycles. The van der Waals surface area contributed by atoms with Crippen LogP contribution in [-0.4, -0.2) is 42.8 Å². The van der Waals surface area contributed by atoms with Gasteiger partial charge in [-0.05, 0) is 26.8 Å². The van der Waals surface area contributed by atoms with Crippen LogP contribution in [-0.2, 0) is 11.3 Å². The fourth-order valence-electron chi connectivity index (χ4n) is 2.35. The SMILES string of the molecule is CNCc1cnc(N2CCCC(C)(OC)C2)cn1. The molecule has 0 saturated carbocycles. The van der Waals surface area contributed by atoms with Gasteiger partial charge in [-0.2, -0.15) is 0 Å². The van der Waals surface area contributed by atoms with Gasteiger partial charge in [0.1, 0.15) is 5.82 Å². The van der Waals surface area contributed by atoms with E-state index in [-0.39, 0.29) is 5.60 Å². The van der Waals surface area contributed by atoms with Crippen molar-refractivity contribution in [2.45, 2.75) is 31.9 Å². The quantitative estimate of drug-likeness (QED) is 0.870. The van der Waals surface area contributed by atoms with Gasteiger partial charge in [-0.3, -0.25) is 4.98 Å². The predicted molar refractivity (Wildman–Crippen MR) is 71.7 cm³/mol. The van der Waals surface area contributed by atoms with Crippen LogP contribution >= 0.6 is 0 Å². The van der Waals surface area contributed by atoms with Gasteiger partial charge in [-0.25, -0.2) is 4.98 Å². The molecule has 2 rings (SSSR count). The number of hydrogen-bond acceptors (Lipinski definition) is 5. The Labute approximate surface area is 109 Å². The van der Waals surface area contributed by atoms with Crippen molar-refractivity contribution in [3.63, 3.8) is 0 Å². The molecule has 0 aliphatic carbocycles. The van der Waals surface area contributed by atoms with Crippen molar-refractivity contribution in [2.24, 2.45) is 0 Å². The lowest BCUT2D eigenvalue weighted by atomic mass is 9.95. The maximum atomic E-state index is 5.59. The third kappa shape index (κ3) is 2.97. The molecule has 1 aromatic heterocycles. The number of hydrogen-bond donors (Lipinski definition) is 1. The van der Waals surface area contributed by atoms with Crippen molar-refractivity contribution in [3.8, 4) is 0 Å². The van der Waals surface area contributed by atoms with Crippen molar-refractivity contribution in [2.75, 3.05) is 32.1 Å². The fraction of sp³-hybridized carbons (Fsp3) is 0.692. The summed E-state index contributed by atoms with van der Waals surface area (Å²) in [5, 5.41) is 3.07. The maximum absolute atomic E-state index is 5.59. The Morgan fingerprint density at radius 3 is 2.89 bits per heavy atom. The number of anilines is 1. The molecule has 18 heavy (non-hydrogen) atoms. The summed E-state index contributed by atoms with van der Waals surface area (Å²) in [5.74, 6) is 0.942. The van der Waals surface area contributed by atoms with Crippen molar-refractivity contribution in [1.29, 1.82) is 0 Å². The summed E-state index contributed by atoms with van der Waals surface area (Å²) >= 11 is 0. The molecule has 100 valence electrons. The predicted octanol–water partition coefficient (Wildman–Crippen LogP) is 1.20. The van der Waals surface area contributed by atoms with Crippen LogP contribution in [0.1, 0.15) is 25.5 Å². The van der Waals surface area contributed by atoms with E-state index in [4.69, 9.17) is 4.74 Å². The van der Waals surface area contributed by atoms with Crippen LogP contribution in [0.15, 0.2) is 12.4 Å². The zero-order chi connectivity index (χ0) is 13.0. The lowest BCUT2D eigenvalue weighted by Crippen LogP contribution is -2.47. The Bertz CT molecular complexity index is 381. The summed E-state index contributed by atoms with van der Waals surface area (Å²) < 4.78 is 5.59. The fourth-order valence-corrected chi connectivity index (χ4v) is 2.35. The number of nitrogens with zero attached hydrogens (tertiary/aromatic N) is 3. The van der Waals surface area contributed by atoms with Gasteiger partial charge in [-0.15, -0.1) is 0 Å². The summed E-state index contributed by atoms with van der Waals surface area (Å²) in [4.78, 5) is 11.2.